The average molecular weight is 338 g/mol. The molecule has 0 atom stereocenters. The second-order valence-electron chi connectivity index (χ2n) is 5.31. The Morgan fingerprint density at radius 2 is 1.60 bits per heavy atom. The van der Waals surface area contributed by atoms with Crippen molar-refractivity contribution >= 4 is 29.3 Å². The summed E-state index contributed by atoms with van der Waals surface area (Å²) in [5, 5.41) is 3.40. The number of amides is 4. The standard InChI is InChI=1S/C17H14N4O4/c22-14-8-9-15(23)21(14)20-16(24)11-4-6-12(7-5-11)19-17(25)13-3-1-2-10-18-13/h1-7,10H,8-9H2,(H,19,25)(H,20,24). The number of nitrogens with one attached hydrogen (secondary N) is 2. The van der Waals surface area contributed by atoms with Crippen LogP contribution in [0.15, 0.2) is 48.7 Å². The van der Waals surface area contributed by atoms with Gasteiger partial charge in [-0.1, -0.05) is 6.07 Å². The van der Waals surface area contributed by atoms with Crippen LogP contribution >= 0.6 is 0 Å². The van der Waals surface area contributed by atoms with Crippen molar-refractivity contribution in [2.45, 2.75) is 12.8 Å². The molecule has 25 heavy (non-hydrogen) atoms. The van der Waals surface area contributed by atoms with Crippen LogP contribution < -0.4 is 10.7 Å². The zero-order valence-electron chi connectivity index (χ0n) is 13.1. The zero-order chi connectivity index (χ0) is 17.8. The van der Waals surface area contributed by atoms with Crippen molar-refractivity contribution in [3.05, 3.63) is 59.9 Å². The summed E-state index contributed by atoms with van der Waals surface area (Å²) in [4.78, 5) is 51.0. The highest BCUT2D eigenvalue weighted by atomic mass is 16.2. The Morgan fingerprint density at radius 3 is 2.20 bits per heavy atom. The molecule has 3 rings (SSSR count). The lowest BCUT2D eigenvalue weighted by atomic mass is 10.2. The molecule has 1 aliphatic rings. The SMILES string of the molecule is O=C(NN1C(=O)CCC1=O)c1ccc(NC(=O)c2ccccn2)cc1. The lowest BCUT2D eigenvalue weighted by molar-refractivity contribution is -0.141. The molecule has 0 radical (unpaired) electrons. The predicted octanol–water partition coefficient (Wildman–Crippen LogP) is 1.13. The number of nitrogens with zero attached hydrogens (tertiary/aromatic N) is 2. The average Bonchev–Trinajstić information content (AvgIpc) is 2.95. The summed E-state index contributed by atoms with van der Waals surface area (Å²) in [6.07, 6.45) is 1.71. The van der Waals surface area contributed by atoms with E-state index in [1.165, 1.54) is 18.3 Å². The van der Waals surface area contributed by atoms with Gasteiger partial charge in [0.25, 0.3) is 11.8 Å². The number of aromatic nitrogens is 1. The fourth-order valence-electron chi connectivity index (χ4n) is 2.26. The molecule has 126 valence electrons. The zero-order valence-corrected chi connectivity index (χ0v) is 13.1. The maximum absolute atomic E-state index is 12.1. The maximum atomic E-state index is 12.1. The first-order valence-electron chi connectivity index (χ1n) is 7.54. The van der Waals surface area contributed by atoms with E-state index in [1.54, 1.807) is 30.3 Å². The Bertz CT molecular complexity index is 817. The van der Waals surface area contributed by atoms with Crippen LogP contribution in [0.1, 0.15) is 33.7 Å². The van der Waals surface area contributed by atoms with Gasteiger partial charge >= 0.3 is 0 Å². The molecule has 2 aromatic rings. The smallest absolute Gasteiger partial charge is 0.274 e. The molecule has 0 saturated carbocycles. The van der Waals surface area contributed by atoms with E-state index in [9.17, 15) is 19.2 Å². The lowest BCUT2D eigenvalue weighted by Gasteiger charge is -2.15. The minimum Gasteiger partial charge on any atom is -0.321 e. The number of anilines is 1. The number of hydrazine groups is 1. The normalized spacial score (nSPS) is 13.7. The molecule has 1 aromatic heterocycles. The molecule has 4 amide bonds. The molecular weight excluding hydrogens is 324 g/mol. The van der Waals surface area contributed by atoms with Crippen molar-refractivity contribution in [1.82, 2.24) is 15.4 Å². The highest BCUT2D eigenvalue weighted by Gasteiger charge is 2.30. The van der Waals surface area contributed by atoms with Crippen molar-refractivity contribution in [2.24, 2.45) is 0 Å². The van der Waals surface area contributed by atoms with Gasteiger partial charge in [0.05, 0.1) is 0 Å². The van der Waals surface area contributed by atoms with Crippen molar-refractivity contribution in [3.8, 4) is 0 Å². The van der Waals surface area contributed by atoms with Crippen molar-refractivity contribution in [3.63, 3.8) is 0 Å². The van der Waals surface area contributed by atoms with E-state index >= 15 is 0 Å². The molecule has 0 aliphatic carbocycles. The van der Waals surface area contributed by atoms with Crippen LogP contribution in [0, 0.1) is 0 Å². The molecule has 0 spiro atoms. The Balaban J connectivity index is 1.64. The Kier molecular flexibility index (Phi) is 4.51. The number of hydrogen-bond acceptors (Lipinski definition) is 5. The number of pyridine rings is 1. The van der Waals surface area contributed by atoms with Crippen LogP contribution in [0.5, 0.6) is 0 Å². The largest absolute Gasteiger partial charge is 0.321 e. The van der Waals surface area contributed by atoms with Gasteiger partial charge in [-0.3, -0.25) is 29.6 Å². The summed E-state index contributed by atoms with van der Waals surface area (Å²) in [7, 11) is 0. The van der Waals surface area contributed by atoms with Crippen molar-refractivity contribution < 1.29 is 19.2 Å². The van der Waals surface area contributed by atoms with E-state index in [2.05, 4.69) is 15.7 Å². The van der Waals surface area contributed by atoms with Crippen LogP contribution in [-0.2, 0) is 9.59 Å². The molecule has 8 heteroatoms. The topological polar surface area (TPSA) is 108 Å². The third kappa shape index (κ3) is 3.69. The van der Waals surface area contributed by atoms with Crippen LogP contribution in [0.4, 0.5) is 5.69 Å². The molecule has 1 fully saturated rings. The summed E-state index contributed by atoms with van der Waals surface area (Å²) in [6, 6.07) is 11.0. The highest BCUT2D eigenvalue weighted by Crippen LogP contribution is 2.13. The van der Waals surface area contributed by atoms with Crippen molar-refractivity contribution in [2.75, 3.05) is 5.32 Å². The van der Waals surface area contributed by atoms with Gasteiger partial charge in [-0.15, -0.1) is 0 Å². The van der Waals surface area contributed by atoms with E-state index in [0.717, 1.165) is 5.01 Å². The quantitative estimate of drug-likeness (QED) is 0.812. The molecule has 1 aliphatic heterocycles. The summed E-state index contributed by atoms with van der Waals surface area (Å²) in [5.74, 6) is -1.81. The third-order valence-corrected chi connectivity index (χ3v) is 3.57. The summed E-state index contributed by atoms with van der Waals surface area (Å²) in [6.45, 7) is 0. The van der Waals surface area contributed by atoms with E-state index in [-0.39, 0.29) is 30.0 Å². The number of carbonyl (C=O) groups excluding carboxylic acids is 4. The first kappa shape index (κ1) is 16.3. The second-order valence-corrected chi connectivity index (χ2v) is 5.31. The van der Waals surface area contributed by atoms with E-state index in [0.29, 0.717) is 5.69 Å². The van der Waals surface area contributed by atoms with Crippen LogP contribution in [0.25, 0.3) is 0 Å². The molecule has 2 N–H and O–H groups in total. The van der Waals surface area contributed by atoms with Crippen LogP contribution in [0.2, 0.25) is 0 Å². The number of imide groups is 1. The van der Waals surface area contributed by atoms with Gasteiger partial charge in [0.15, 0.2) is 0 Å². The fourth-order valence-corrected chi connectivity index (χ4v) is 2.26. The molecule has 2 heterocycles. The van der Waals surface area contributed by atoms with Gasteiger partial charge in [0, 0.05) is 30.3 Å². The summed E-state index contributed by atoms with van der Waals surface area (Å²) < 4.78 is 0. The van der Waals surface area contributed by atoms with E-state index < -0.39 is 17.7 Å². The van der Waals surface area contributed by atoms with Gasteiger partial charge in [0.1, 0.15) is 5.69 Å². The number of benzene rings is 1. The van der Waals surface area contributed by atoms with Gasteiger partial charge in [-0.2, -0.15) is 5.01 Å². The minimum absolute atomic E-state index is 0.0948. The Hall–Kier alpha value is -3.55. The third-order valence-electron chi connectivity index (χ3n) is 3.57. The first-order chi connectivity index (χ1) is 12.0. The van der Waals surface area contributed by atoms with Gasteiger partial charge in [0.2, 0.25) is 11.8 Å². The van der Waals surface area contributed by atoms with Gasteiger partial charge in [-0.05, 0) is 36.4 Å². The minimum atomic E-state index is -0.578. The van der Waals surface area contributed by atoms with Crippen LogP contribution in [0.3, 0.4) is 0 Å². The molecule has 1 saturated heterocycles. The van der Waals surface area contributed by atoms with Crippen LogP contribution in [-0.4, -0.2) is 33.6 Å². The fraction of sp³-hybridized carbons (Fsp3) is 0.118. The maximum Gasteiger partial charge on any atom is 0.274 e. The highest BCUT2D eigenvalue weighted by molar-refractivity contribution is 6.06. The predicted molar refractivity (Wildman–Crippen MR) is 87.2 cm³/mol. The lowest BCUT2D eigenvalue weighted by Crippen LogP contribution is -2.45. The molecule has 0 bridgehead atoms. The molecule has 1 aromatic carbocycles. The number of hydrogen-bond donors (Lipinski definition) is 2. The molecule has 8 nitrogen and oxygen atoms in total. The van der Waals surface area contributed by atoms with E-state index in [4.69, 9.17) is 0 Å². The number of rotatable bonds is 4. The molecular formula is C17H14N4O4. The van der Waals surface area contributed by atoms with Gasteiger partial charge < -0.3 is 5.32 Å². The summed E-state index contributed by atoms with van der Waals surface area (Å²) in [5.41, 5.74) is 3.29. The van der Waals surface area contributed by atoms with E-state index in [1.807, 2.05) is 0 Å². The summed E-state index contributed by atoms with van der Waals surface area (Å²) >= 11 is 0. The number of carbonyl (C=O) groups is 4. The first-order valence-corrected chi connectivity index (χ1v) is 7.54. The van der Waals surface area contributed by atoms with Gasteiger partial charge in [-0.25, -0.2) is 0 Å². The second kappa shape index (κ2) is 6.91. The Labute approximate surface area is 142 Å². The monoisotopic (exact) mass is 338 g/mol. The van der Waals surface area contributed by atoms with Crippen molar-refractivity contribution in [1.29, 1.82) is 0 Å². The molecule has 0 unspecified atom stereocenters. The Morgan fingerprint density at radius 1 is 0.920 bits per heavy atom.